The van der Waals surface area contributed by atoms with Crippen LogP contribution in [0.25, 0.3) is 0 Å². The molecule has 1 atom stereocenters. The summed E-state index contributed by atoms with van der Waals surface area (Å²) >= 11 is 0. The molecule has 2 rings (SSSR count). The first-order valence-electron chi connectivity index (χ1n) is 6.42. The predicted octanol–water partition coefficient (Wildman–Crippen LogP) is 1.34. The third-order valence-corrected chi connectivity index (χ3v) is 3.62. The lowest BCUT2D eigenvalue weighted by Gasteiger charge is -2.37. The van der Waals surface area contributed by atoms with E-state index < -0.39 is 11.4 Å². The van der Waals surface area contributed by atoms with Gasteiger partial charge in [-0.25, -0.2) is 0 Å². The smallest absolute Gasteiger partial charge is 0.311 e. The number of carboxylic acids is 1. The summed E-state index contributed by atoms with van der Waals surface area (Å²) < 4.78 is 0. The van der Waals surface area contributed by atoms with Crippen LogP contribution < -0.4 is 0 Å². The van der Waals surface area contributed by atoms with Crippen molar-refractivity contribution in [2.45, 2.75) is 26.2 Å². The van der Waals surface area contributed by atoms with Gasteiger partial charge in [0.15, 0.2) is 0 Å². The number of likely N-dealkylation sites (tertiary alicyclic amines) is 1. The van der Waals surface area contributed by atoms with Crippen molar-refractivity contribution >= 4 is 11.9 Å². The molecule has 1 N–H and O–H groups in total. The molecule has 1 aliphatic heterocycles. The van der Waals surface area contributed by atoms with Crippen LogP contribution in [0.15, 0.2) is 24.4 Å². The van der Waals surface area contributed by atoms with E-state index in [1.54, 1.807) is 30.2 Å². The number of amides is 1. The summed E-state index contributed by atoms with van der Waals surface area (Å²) in [5, 5.41) is 9.24. The van der Waals surface area contributed by atoms with Crippen molar-refractivity contribution in [2.24, 2.45) is 5.41 Å². The number of rotatable bonds is 3. The maximum atomic E-state index is 12.2. The van der Waals surface area contributed by atoms with Gasteiger partial charge < -0.3 is 10.0 Å². The first kappa shape index (κ1) is 13.5. The molecule has 102 valence electrons. The van der Waals surface area contributed by atoms with E-state index in [4.69, 9.17) is 0 Å². The summed E-state index contributed by atoms with van der Waals surface area (Å²) in [6, 6.07) is 5.45. The van der Waals surface area contributed by atoms with Crippen LogP contribution in [-0.2, 0) is 16.0 Å². The summed E-state index contributed by atoms with van der Waals surface area (Å²) in [7, 11) is 0. The first-order valence-corrected chi connectivity index (χ1v) is 6.42. The Balaban J connectivity index is 2.02. The molecule has 0 spiro atoms. The maximum Gasteiger partial charge on any atom is 0.311 e. The van der Waals surface area contributed by atoms with E-state index in [-0.39, 0.29) is 18.9 Å². The van der Waals surface area contributed by atoms with Crippen LogP contribution in [0.1, 0.15) is 25.5 Å². The van der Waals surface area contributed by atoms with Crippen molar-refractivity contribution in [3.05, 3.63) is 30.1 Å². The van der Waals surface area contributed by atoms with Gasteiger partial charge in [-0.2, -0.15) is 0 Å². The van der Waals surface area contributed by atoms with E-state index >= 15 is 0 Å². The molecule has 1 amide bonds. The van der Waals surface area contributed by atoms with E-state index in [9.17, 15) is 14.7 Å². The third-order valence-electron chi connectivity index (χ3n) is 3.62. The van der Waals surface area contributed by atoms with Crippen LogP contribution in [-0.4, -0.2) is 40.0 Å². The number of aliphatic carboxylic acids is 1. The highest BCUT2D eigenvalue weighted by molar-refractivity contribution is 5.80. The minimum Gasteiger partial charge on any atom is -0.481 e. The van der Waals surface area contributed by atoms with E-state index in [1.807, 2.05) is 6.07 Å². The number of nitrogens with zero attached hydrogens (tertiary/aromatic N) is 2. The van der Waals surface area contributed by atoms with Gasteiger partial charge in [0, 0.05) is 25.0 Å². The van der Waals surface area contributed by atoms with Crippen LogP contribution in [0.5, 0.6) is 0 Å². The van der Waals surface area contributed by atoms with Crippen molar-refractivity contribution < 1.29 is 14.7 Å². The highest BCUT2D eigenvalue weighted by Gasteiger charge is 2.39. The third kappa shape index (κ3) is 3.10. The standard InChI is InChI=1S/C14H18N2O3/c1-14(13(18)19)6-4-8-16(10-14)12(17)9-11-5-2-3-7-15-11/h2-3,5,7H,4,6,8-10H2,1H3,(H,18,19). The largest absolute Gasteiger partial charge is 0.481 e. The number of carbonyl (C=O) groups is 2. The molecule has 2 heterocycles. The summed E-state index contributed by atoms with van der Waals surface area (Å²) in [6.45, 7) is 2.62. The molecule has 0 saturated carbocycles. The molecule has 0 bridgehead atoms. The molecule has 1 unspecified atom stereocenters. The van der Waals surface area contributed by atoms with E-state index in [0.29, 0.717) is 13.0 Å². The average Bonchev–Trinajstić information content (AvgIpc) is 2.40. The lowest BCUT2D eigenvalue weighted by atomic mass is 9.82. The van der Waals surface area contributed by atoms with Gasteiger partial charge in [-0.3, -0.25) is 14.6 Å². The number of pyridine rings is 1. The maximum absolute atomic E-state index is 12.2. The number of aromatic nitrogens is 1. The molecule has 19 heavy (non-hydrogen) atoms. The van der Waals surface area contributed by atoms with Gasteiger partial charge in [-0.05, 0) is 31.9 Å². The second-order valence-corrected chi connectivity index (χ2v) is 5.28. The number of piperidine rings is 1. The van der Waals surface area contributed by atoms with Gasteiger partial charge in [-0.15, -0.1) is 0 Å². The quantitative estimate of drug-likeness (QED) is 0.892. The van der Waals surface area contributed by atoms with Gasteiger partial charge >= 0.3 is 5.97 Å². The van der Waals surface area contributed by atoms with Gasteiger partial charge in [0.2, 0.25) is 5.91 Å². The Morgan fingerprint density at radius 1 is 1.47 bits per heavy atom. The molecule has 5 nitrogen and oxygen atoms in total. The molecule has 1 aliphatic rings. The summed E-state index contributed by atoms with van der Waals surface area (Å²) in [5.41, 5.74) is -0.104. The Morgan fingerprint density at radius 3 is 2.89 bits per heavy atom. The Kier molecular flexibility index (Phi) is 3.83. The molecule has 0 aromatic carbocycles. The second-order valence-electron chi connectivity index (χ2n) is 5.28. The molecule has 0 radical (unpaired) electrons. The van der Waals surface area contributed by atoms with Crippen LogP contribution in [0, 0.1) is 5.41 Å². The van der Waals surface area contributed by atoms with Crippen LogP contribution in [0.3, 0.4) is 0 Å². The molecule has 5 heteroatoms. The monoisotopic (exact) mass is 262 g/mol. The van der Waals surface area contributed by atoms with Gasteiger partial charge in [0.25, 0.3) is 0 Å². The van der Waals surface area contributed by atoms with Crippen LogP contribution in [0.4, 0.5) is 0 Å². The minimum absolute atomic E-state index is 0.0501. The molecule has 1 fully saturated rings. The fourth-order valence-electron chi connectivity index (χ4n) is 2.40. The highest BCUT2D eigenvalue weighted by Crippen LogP contribution is 2.29. The summed E-state index contributed by atoms with van der Waals surface area (Å²) in [6.07, 6.45) is 3.24. The fraction of sp³-hybridized carbons (Fsp3) is 0.500. The van der Waals surface area contributed by atoms with E-state index in [1.165, 1.54) is 0 Å². The number of hydrogen-bond donors (Lipinski definition) is 1. The molecule has 0 aliphatic carbocycles. The van der Waals surface area contributed by atoms with E-state index in [0.717, 1.165) is 12.1 Å². The van der Waals surface area contributed by atoms with Gasteiger partial charge in [0.05, 0.1) is 11.8 Å². The molecule has 1 saturated heterocycles. The zero-order valence-corrected chi connectivity index (χ0v) is 11.0. The van der Waals surface area contributed by atoms with Crippen molar-refractivity contribution in [2.75, 3.05) is 13.1 Å². The lowest BCUT2D eigenvalue weighted by Crippen LogP contribution is -2.48. The first-order chi connectivity index (χ1) is 9.01. The van der Waals surface area contributed by atoms with Crippen LogP contribution in [0.2, 0.25) is 0 Å². The second kappa shape index (κ2) is 5.38. The highest BCUT2D eigenvalue weighted by atomic mass is 16.4. The molecule has 1 aromatic rings. The number of hydrogen-bond acceptors (Lipinski definition) is 3. The summed E-state index contributed by atoms with van der Waals surface area (Å²) in [4.78, 5) is 29.2. The summed E-state index contributed by atoms with van der Waals surface area (Å²) in [5.74, 6) is -0.881. The predicted molar refractivity (Wildman–Crippen MR) is 69.5 cm³/mol. The Hall–Kier alpha value is -1.91. The van der Waals surface area contributed by atoms with Crippen LogP contribution >= 0.6 is 0 Å². The zero-order chi connectivity index (χ0) is 13.9. The zero-order valence-electron chi connectivity index (χ0n) is 11.0. The molecular formula is C14H18N2O3. The van der Waals surface area contributed by atoms with E-state index in [2.05, 4.69) is 4.98 Å². The number of carboxylic acid groups (broad SMARTS) is 1. The number of carbonyl (C=O) groups excluding carboxylic acids is 1. The van der Waals surface area contributed by atoms with Crippen molar-refractivity contribution in [1.82, 2.24) is 9.88 Å². The normalized spacial score (nSPS) is 23.1. The lowest BCUT2D eigenvalue weighted by molar-refractivity contribution is -0.153. The Bertz CT molecular complexity index is 475. The Morgan fingerprint density at radius 2 is 2.26 bits per heavy atom. The SMILES string of the molecule is CC1(C(=O)O)CCCN(C(=O)Cc2ccccn2)C1. The average molecular weight is 262 g/mol. The van der Waals surface area contributed by atoms with Gasteiger partial charge in [-0.1, -0.05) is 6.07 Å². The van der Waals surface area contributed by atoms with Crippen molar-refractivity contribution in [3.8, 4) is 0 Å². The minimum atomic E-state index is -0.831. The van der Waals surface area contributed by atoms with Crippen molar-refractivity contribution in [3.63, 3.8) is 0 Å². The van der Waals surface area contributed by atoms with Crippen molar-refractivity contribution in [1.29, 1.82) is 0 Å². The molecular weight excluding hydrogens is 244 g/mol. The fourth-order valence-corrected chi connectivity index (χ4v) is 2.40. The Labute approximate surface area is 112 Å². The van der Waals surface area contributed by atoms with Gasteiger partial charge in [0.1, 0.15) is 0 Å². The topological polar surface area (TPSA) is 70.5 Å². The molecule has 1 aromatic heterocycles.